The summed E-state index contributed by atoms with van der Waals surface area (Å²) >= 11 is 3.23. The van der Waals surface area contributed by atoms with Gasteiger partial charge in [0.15, 0.2) is 5.78 Å². The quantitative estimate of drug-likeness (QED) is 0.785. The van der Waals surface area contributed by atoms with Gasteiger partial charge >= 0.3 is 0 Å². The van der Waals surface area contributed by atoms with Crippen LogP contribution in [0.15, 0.2) is 28.7 Å². The van der Waals surface area contributed by atoms with Crippen molar-refractivity contribution in [1.82, 2.24) is 0 Å². The molecule has 1 aromatic carbocycles. The van der Waals surface area contributed by atoms with Gasteiger partial charge in [0, 0.05) is 19.8 Å². The van der Waals surface area contributed by atoms with Crippen molar-refractivity contribution in [3.63, 3.8) is 0 Å². The highest BCUT2D eigenvalue weighted by Crippen LogP contribution is 2.17. The molecule has 0 atom stereocenters. The number of halogens is 1. The molecule has 0 N–H and O–H groups in total. The first-order chi connectivity index (χ1) is 7.00. The zero-order valence-electron chi connectivity index (χ0n) is 9.12. The molecule has 0 fully saturated rings. The predicted octanol–water partition coefficient (Wildman–Crippen LogP) is 3.08. The normalized spacial score (nSPS) is 11.3. The van der Waals surface area contributed by atoms with Gasteiger partial charge in [0.1, 0.15) is 0 Å². The first kappa shape index (κ1) is 12.0. The molecule has 0 spiro atoms. The van der Waals surface area contributed by atoms with Crippen LogP contribution in [0, 0.1) is 0 Å². The summed E-state index contributed by atoms with van der Waals surface area (Å²) in [5.74, 6) is 0.0340. The Morgan fingerprint density at radius 1 is 1.27 bits per heavy atom. The molecule has 0 heterocycles. The number of hydrogen-bond acceptors (Lipinski definition) is 2. The Kier molecular flexibility index (Phi) is 4.09. The molecule has 0 amide bonds. The van der Waals surface area contributed by atoms with Gasteiger partial charge in [0.05, 0.1) is 4.48 Å². The Labute approximate surface area is 98.7 Å². The number of benzene rings is 1. The van der Waals surface area contributed by atoms with E-state index in [1.165, 1.54) is 6.92 Å². The number of allylic oxidation sites excluding steroid dienone is 1. The molecule has 0 saturated carbocycles. The van der Waals surface area contributed by atoms with Crippen LogP contribution in [0.2, 0.25) is 0 Å². The van der Waals surface area contributed by atoms with E-state index < -0.39 is 0 Å². The van der Waals surface area contributed by atoms with Crippen LogP contribution >= 0.6 is 15.9 Å². The topological polar surface area (TPSA) is 20.3 Å². The lowest BCUT2D eigenvalue weighted by Gasteiger charge is -2.11. The van der Waals surface area contributed by atoms with Crippen molar-refractivity contribution in [2.45, 2.75) is 6.92 Å². The van der Waals surface area contributed by atoms with Gasteiger partial charge < -0.3 is 4.90 Å². The smallest absolute Gasteiger partial charge is 0.166 e. The minimum Gasteiger partial charge on any atom is -0.378 e. The second kappa shape index (κ2) is 5.12. The van der Waals surface area contributed by atoms with Crippen LogP contribution in [0.1, 0.15) is 12.5 Å². The van der Waals surface area contributed by atoms with Gasteiger partial charge in [-0.3, -0.25) is 4.79 Å². The highest BCUT2D eigenvalue weighted by Gasteiger charge is 1.99. The molecule has 0 saturated heterocycles. The summed E-state index contributed by atoms with van der Waals surface area (Å²) in [5.41, 5.74) is 2.16. The molecule has 0 aliphatic rings. The van der Waals surface area contributed by atoms with Crippen LogP contribution in [0.3, 0.4) is 0 Å². The summed E-state index contributed by atoms with van der Waals surface area (Å²) in [6.45, 7) is 1.54. The average molecular weight is 268 g/mol. The van der Waals surface area contributed by atoms with Crippen LogP contribution in [0.5, 0.6) is 0 Å². The zero-order chi connectivity index (χ0) is 11.4. The molecule has 0 aromatic heterocycles. The third kappa shape index (κ3) is 3.51. The van der Waals surface area contributed by atoms with Gasteiger partial charge in [-0.1, -0.05) is 12.1 Å². The molecule has 3 heteroatoms. The van der Waals surface area contributed by atoms with Gasteiger partial charge in [0.2, 0.25) is 0 Å². The van der Waals surface area contributed by atoms with E-state index >= 15 is 0 Å². The molecule has 0 radical (unpaired) electrons. The van der Waals surface area contributed by atoms with Crippen LogP contribution in [0.25, 0.3) is 6.08 Å². The highest BCUT2D eigenvalue weighted by atomic mass is 79.9. The summed E-state index contributed by atoms with van der Waals surface area (Å²) in [6, 6.07) is 8.01. The van der Waals surface area contributed by atoms with E-state index in [9.17, 15) is 4.79 Å². The Hall–Kier alpha value is -1.09. The van der Waals surface area contributed by atoms with E-state index in [0.717, 1.165) is 11.3 Å². The standard InChI is InChI=1S/C12H14BrNO/c1-9(15)12(13)8-10-4-6-11(7-5-10)14(2)3/h4-8H,1-3H3. The number of anilines is 1. The maximum atomic E-state index is 11.0. The van der Waals surface area contributed by atoms with Crippen LogP contribution in [0.4, 0.5) is 5.69 Å². The third-order valence-corrected chi connectivity index (χ3v) is 2.83. The third-order valence-electron chi connectivity index (χ3n) is 2.04. The molecule has 0 unspecified atom stereocenters. The number of ketones is 1. The van der Waals surface area contributed by atoms with Crippen molar-refractivity contribution in [1.29, 1.82) is 0 Å². The fourth-order valence-corrected chi connectivity index (χ4v) is 1.38. The lowest BCUT2D eigenvalue weighted by Crippen LogP contribution is -2.07. The lowest BCUT2D eigenvalue weighted by atomic mass is 10.2. The molecule has 15 heavy (non-hydrogen) atoms. The van der Waals surface area contributed by atoms with Gasteiger partial charge in [-0.25, -0.2) is 0 Å². The summed E-state index contributed by atoms with van der Waals surface area (Å²) in [7, 11) is 3.99. The number of carbonyl (C=O) groups excluding carboxylic acids is 1. The van der Waals surface area contributed by atoms with Crippen molar-refractivity contribution in [3.05, 3.63) is 34.3 Å². The summed E-state index contributed by atoms with van der Waals surface area (Å²) in [4.78, 5) is 13.0. The molecule has 1 aromatic rings. The second-order valence-corrected chi connectivity index (χ2v) is 4.39. The molecular weight excluding hydrogens is 254 g/mol. The molecular formula is C12H14BrNO. The molecule has 2 nitrogen and oxygen atoms in total. The average Bonchev–Trinajstić information content (AvgIpc) is 2.18. The number of nitrogens with zero attached hydrogens (tertiary/aromatic N) is 1. The Balaban J connectivity index is 2.90. The van der Waals surface area contributed by atoms with Crippen LogP contribution < -0.4 is 4.90 Å². The largest absolute Gasteiger partial charge is 0.378 e. The van der Waals surface area contributed by atoms with Crippen molar-refractivity contribution in [3.8, 4) is 0 Å². The minimum atomic E-state index is 0.0340. The maximum absolute atomic E-state index is 11.0. The SMILES string of the molecule is CC(=O)C(Br)=Cc1ccc(N(C)C)cc1. The van der Waals surface area contributed by atoms with Crippen molar-refractivity contribution >= 4 is 33.5 Å². The van der Waals surface area contributed by atoms with E-state index in [-0.39, 0.29) is 5.78 Å². The van der Waals surface area contributed by atoms with Crippen molar-refractivity contribution in [2.24, 2.45) is 0 Å². The van der Waals surface area contributed by atoms with Crippen LogP contribution in [-0.2, 0) is 4.79 Å². The monoisotopic (exact) mass is 267 g/mol. The van der Waals surface area contributed by atoms with Crippen molar-refractivity contribution in [2.75, 3.05) is 19.0 Å². The molecule has 0 bridgehead atoms. The highest BCUT2D eigenvalue weighted by molar-refractivity contribution is 9.12. The van der Waals surface area contributed by atoms with E-state index in [1.807, 2.05) is 49.3 Å². The summed E-state index contributed by atoms with van der Waals surface area (Å²) in [6.07, 6.45) is 1.82. The fourth-order valence-electron chi connectivity index (χ4n) is 1.12. The van der Waals surface area contributed by atoms with Gasteiger partial charge in [0.25, 0.3) is 0 Å². The Morgan fingerprint density at radius 2 is 1.80 bits per heavy atom. The second-order valence-electron chi connectivity index (χ2n) is 3.53. The predicted molar refractivity (Wildman–Crippen MR) is 68.4 cm³/mol. The minimum absolute atomic E-state index is 0.0340. The molecule has 80 valence electrons. The fraction of sp³-hybridized carbons (Fsp3) is 0.250. The first-order valence-corrected chi connectivity index (χ1v) is 5.45. The first-order valence-electron chi connectivity index (χ1n) is 4.66. The Morgan fingerprint density at radius 3 is 2.20 bits per heavy atom. The number of carbonyl (C=O) groups is 1. The molecule has 0 aliphatic carbocycles. The number of Topliss-reactive ketones (excluding diaryl/α,β-unsaturated/α-hetero) is 1. The van der Waals surface area contributed by atoms with E-state index in [2.05, 4.69) is 15.9 Å². The van der Waals surface area contributed by atoms with Crippen LogP contribution in [-0.4, -0.2) is 19.9 Å². The Bertz CT molecular complexity index is 379. The number of rotatable bonds is 3. The summed E-state index contributed by atoms with van der Waals surface area (Å²) in [5, 5.41) is 0. The van der Waals surface area contributed by atoms with E-state index in [1.54, 1.807) is 0 Å². The van der Waals surface area contributed by atoms with E-state index in [0.29, 0.717) is 4.48 Å². The maximum Gasteiger partial charge on any atom is 0.166 e. The van der Waals surface area contributed by atoms with E-state index in [4.69, 9.17) is 0 Å². The molecule has 0 aliphatic heterocycles. The number of hydrogen-bond donors (Lipinski definition) is 0. The van der Waals surface area contributed by atoms with Crippen molar-refractivity contribution < 1.29 is 4.79 Å². The zero-order valence-corrected chi connectivity index (χ0v) is 10.7. The molecule has 1 rings (SSSR count). The lowest BCUT2D eigenvalue weighted by molar-refractivity contribution is -0.112. The van der Waals surface area contributed by atoms with Gasteiger partial charge in [-0.15, -0.1) is 0 Å². The summed E-state index contributed by atoms with van der Waals surface area (Å²) < 4.78 is 0.597. The van der Waals surface area contributed by atoms with Gasteiger partial charge in [-0.2, -0.15) is 0 Å². The van der Waals surface area contributed by atoms with Gasteiger partial charge in [-0.05, 0) is 46.6 Å².